The van der Waals surface area contributed by atoms with E-state index >= 15 is 0 Å². The standard InChI is InChI=1S/C27H26N2O4/c1-4-19-24(28-25(30)16-10-6-5-7-11-16)23-21(14-17(32-2)15-22(23)33-3)27(19)20-13-9-8-12-18(20)26(31)29-27/h5-15,19,24H,4H2,1-3H3,(H,28,30)(H,29,31)/t19-,24-,27+/m0/s1. The first-order valence-corrected chi connectivity index (χ1v) is 11.1. The fraction of sp³-hybridized carbons (Fsp3) is 0.259. The Hall–Kier alpha value is -3.80. The first kappa shape index (κ1) is 21.1. The van der Waals surface area contributed by atoms with Gasteiger partial charge in [0.15, 0.2) is 0 Å². The first-order valence-electron chi connectivity index (χ1n) is 11.1. The molecule has 0 radical (unpaired) electrons. The van der Waals surface area contributed by atoms with Crippen LogP contribution in [0.4, 0.5) is 0 Å². The lowest BCUT2D eigenvalue weighted by Gasteiger charge is -2.35. The maximum Gasteiger partial charge on any atom is 0.252 e. The number of amides is 2. The van der Waals surface area contributed by atoms with Crippen LogP contribution in [0.15, 0.2) is 66.7 Å². The van der Waals surface area contributed by atoms with Crippen LogP contribution in [0.3, 0.4) is 0 Å². The van der Waals surface area contributed by atoms with Crippen molar-refractivity contribution in [1.29, 1.82) is 0 Å². The number of ether oxygens (including phenoxy) is 2. The van der Waals surface area contributed by atoms with E-state index in [4.69, 9.17) is 9.47 Å². The molecule has 1 aliphatic heterocycles. The van der Waals surface area contributed by atoms with Crippen LogP contribution in [-0.2, 0) is 5.54 Å². The number of nitrogens with one attached hydrogen (secondary N) is 2. The van der Waals surface area contributed by atoms with Gasteiger partial charge in [-0.2, -0.15) is 0 Å². The minimum Gasteiger partial charge on any atom is -0.497 e. The highest BCUT2D eigenvalue weighted by atomic mass is 16.5. The van der Waals surface area contributed by atoms with Crippen LogP contribution in [-0.4, -0.2) is 26.0 Å². The molecule has 2 N–H and O–H groups in total. The van der Waals surface area contributed by atoms with Crippen LogP contribution >= 0.6 is 0 Å². The van der Waals surface area contributed by atoms with Crippen molar-refractivity contribution in [2.24, 2.45) is 5.92 Å². The summed E-state index contributed by atoms with van der Waals surface area (Å²) < 4.78 is 11.4. The van der Waals surface area contributed by atoms with Crippen LogP contribution in [0.25, 0.3) is 0 Å². The smallest absolute Gasteiger partial charge is 0.252 e. The number of carbonyl (C=O) groups excluding carboxylic acids is 2. The van der Waals surface area contributed by atoms with Gasteiger partial charge < -0.3 is 20.1 Å². The topological polar surface area (TPSA) is 76.7 Å². The van der Waals surface area contributed by atoms with E-state index in [1.165, 1.54) is 0 Å². The molecular weight excluding hydrogens is 416 g/mol. The van der Waals surface area contributed by atoms with Crippen LogP contribution in [0.5, 0.6) is 11.5 Å². The van der Waals surface area contributed by atoms with Crippen molar-refractivity contribution in [2.75, 3.05) is 14.2 Å². The zero-order chi connectivity index (χ0) is 23.2. The molecule has 0 aromatic heterocycles. The van der Waals surface area contributed by atoms with Gasteiger partial charge in [0.2, 0.25) is 0 Å². The molecule has 1 aliphatic carbocycles. The summed E-state index contributed by atoms with van der Waals surface area (Å²) in [5.41, 5.74) is 3.11. The number of hydrogen-bond acceptors (Lipinski definition) is 4. The molecular formula is C27H26N2O4. The predicted octanol–water partition coefficient (Wildman–Crippen LogP) is 4.20. The van der Waals surface area contributed by atoms with Gasteiger partial charge in [-0.15, -0.1) is 0 Å². The van der Waals surface area contributed by atoms with Crippen LogP contribution in [0.1, 0.15) is 56.8 Å². The van der Waals surface area contributed by atoms with Gasteiger partial charge in [-0.3, -0.25) is 9.59 Å². The average Bonchev–Trinajstić information content (AvgIpc) is 3.30. The summed E-state index contributed by atoms with van der Waals surface area (Å²) in [4.78, 5) is 26.3. The molecule has 1 spiro atoms. The summed E-state index contributed by atoms with van der Waals surface area (Å²) in [5.74, 6) is 0.836. The van der Waals surface area contributed by atoms with Gasteiger partial charge in [0.1, 0.15) is 11.5 Å². The third-order valence-electron chi connectivity index (χ3n) is 6.94. The molecule has 5 rings (SSSR count). The quantitative estimate of drug-likeness (QED) is 0.621. The van der Waals surface area contributed by atoms with Gasteiger partial charge in [-0.1, -0.05) is 43.3 Å². The summed E-state index contributed by atoms with van der Waals surface area (Å²) in [5, 5.41) is 6.55. The van der Waals surface area contributed by atoms with E-state index in [2.05, 4.69) is 17.6 Å². The summed E-state index contributed by atoms with van der Waals surface area (Å²) in [6.45, 7) is 2.08. The lowest BCUT2D eigenvalue weighted by atomic mass is 9.76. The average molecular weight is 443 g/mol. The van der Waals surface area contributed by atoms with Gasteiger partial charge in [0.25, 0.3) is 11.8 Å². The Morgan fingerprint density at radius 3 is 2.42 bits per heavy atom. The second-order valence-electron chi connectivity index (χ2n) is 8.43. The van der Waals surface area contributed by atoms with Gasteiger partial charge in [0, 0.05) is 28.7 Å². The van der Waals surface area contributed by atoms with Crippen molar-refractivity contribution in [2.45, 2.75) is 24.9 Å². The molecule has 0 fully saturated rings. The van der Waals surface area contributed by atoms with E-state index in [9.17, 15) is 9.59 Å². The number of benzene rings is 3. The molecule has 0 unspecified atom stereocenters. The van der Waals surface area contributed by atoms with Crippen molar-refractivity contribution >= 4 is 11.8 Å². The molecule has 3 aromatic carbocycles. The second kappa shape index (κ2) is 7.96. The highest BCUT2D eigenvalue weighted by Gasteiger charge is 2.58. The minimum absolute atomic E-state index is 0.119. The molecule has 1 heterocycles. The summed E-state index contributed by atoms with van der Waals surface area (Å²) in [6, 6.07) is 20.2. The van der Waals surface area contributed by atoms with Crippen molar-refractivity contribution in [3.05, 3.63) is 94.5 Å². The molecule has 33 heavy (non-hydrogen) atoms. The Bertz CT molecular complexity index is 1240. The SMILES string of the molecule is CC[C@H]1[C@H](NC(=O)c2ccccc2)c2c(OC)cc(OC)cc2[C@@]12NC(=O)c1ccccc12. The summed E-state index contributed by atoms with van der Waals surface area (Å²) >= 11 is 0. The van der Waals surface area contributed by atoms with Gasteiger partial charge in [-0.25, -0.2) is 0 Å². The maximum atomic E-state index is 13.2. The maximum absolute atomic E-state index is 13.2. The molecule has 2 aliphatic rings. The van der Waals surface area contributed by atoms with Crippen molar-refractivity contribution in [3.8, 4) is 11.5 Å². The Kier molecular flexibility index (Phi) is 5.08. The monoisotopic (exact) mass is 442 g/mol. The fourth-order valence-electron chi connectivity index (χ4n) is 5.56. The minimum atomic E-state index is -0.797. The molecule has 0 saturated carbocycles. The third-order valence-corrected chi connectivity index (χ3v) is 6.94. The largest absolute Gasteiger partial charge is 0.497 e. The van der Waals surface area contributed by atoms with E-state index in [0.717, 1.165) is 16.7 Å². The Balaban J connectivity index is 1.74. The summed E-state index contributed by atoms with van der Waals surface area (Å²) in [6.07, 6.45) is 0.717. The number of methoxy groups -OCH3 is 2. The predicted molar refractivity (Wildman–Crippen MR) is 125 cm³/mol. The first-order chi connectivity index (χ1) is 16.0. The molecule has 6 nitrogen and oxygen atoms in total. The number of fused-ring (bicyclic) bond motifs is 4. The Labute approximate surface area is 192 Å². The zero-order valence-electron chi connectivity index (χ0n) is 18.8. The highest BCUT2D eigenvalue weighted by molar-refractivity contribution is 6.01. The molecule has 2 amide bonds. The normalized spacial score (nSPS) is 22.5. The molecule has 6 heteroatoms. The lowest BCUT2D eigenvalue weighted by molar-refractivity contribution is 0.0885. The molecule has 3 aromatic rings. The van der Waals surface area contributed by atoms with E-state index < -0.39 is 5.54 Å². The highest BCUT2D eigenvalue weighted by Crippen LogP contribution is 2.58. The van der Waals surface area contributed by atoms with Gasteiger partial charge in [-0.05, 0) is 41.8 Å². The zero-order valence-corrected chi connectivity index (χ0v) is 18.8. The molecule has 0 saturated heterocycles. The van der Waals surface area contributed by atoms with Crippen molar-refractivity contribution in [3.63, 3.8) is 0 Å². The number of rotatable bonds is 5. The lowest BCUT2D eigenvalue weighted by Crippen LogP contribution is -2.47. The van der Waals surface area contributed by atoms with Crippen LogP contribution in [0.2, 0.25) is 0 Å². The second-order valence-corrected chi connectivity index (χ2v) is 8.43. The van der Waals surface area contributed by atoms with Gasteiger partial charge in [0.05, 0.1) is 25.8 Å². The molecule has 0 bridgehead atoms. The molecule has 168 valence electrons. The van der Waals surface area contributed by atoms with Crippen molar-refractivity contribution in [1.82, 2.24) is 10.6 Å². The van der Waals surface area contributed by atoms with E-state index in [1.54, 1.807) is 26.4 Å². The van der Waals surface area contributed by atoms with Crippen LogP contribution in [0, 0.1) is 5.92 Å². The fourth-order valence-corrected chi connectivity index (χ4v) is 5.56. The van der Waals surface area contributed by atoms with Crippen molar-refractivity contribution < 1.29 is 19.1 Å². The third kappa shape index (κ3) is 3.01. The Morgan fingerprint density at radius 2 is 1.73 bits per heavy atom. The Morgan fingerprint density at radius 1 is 1.00 bits per heavy atom. The van der Waals surface area contributed by atoms with Gasteiger partial charge >= 0.3 is 0 Å². The molecule has 3 atom stereocenters. The van der Waals surface area contributed by atoms with E-state index in [0.29, 0.717) is 29.0 Å². The number of hydrogen-bond donors (Lipinski definition) is 2. The van der Waals surface area contributed by atoms with Crippen LogP contribution < -0.4 is 20.1 Å². The van der Waals surface area contributed by atoms with E-state index in [-0.39, 0.29) is 23.8 Å². The summed E-state index contributed by atoms with van der Waals surface area (Å²) in [7, 11) is 3.22. The number of carbonyl (C=O) groups is 2. The van der Waals surface area contributed by atoms with E-state index in [1.807, 2.05) is 54.6 Å².